The third-order valence-corrected chi connectivity index (χ3v) is 4.38. The van der Waals surface area contributed by atoms with Crippen LogP contribution in [0.25, 0.3) is 11.3 Å². The summed E-state index contributed by atoms with van der Waals surface area (Å²) in [5.41, 5.74) is 4.08. The van der Waals surface area contributed by atoms with Crippen LogP contribution >= 0.6 is 12.4 Å². The highest BCUT2D eigenvalue weighted by atomic mass is 35.5. The molecule has 0 atom stereocenters. The zero-order valence-electron chi connectivity index (χ0n) is 15.2. The van der Waals surface area contributed by atoms with Crippen molar-refractivity contribution in [2.24, 2.45) is 0 Å². The molecule has 2 aromatic rings. The van der Waals surface area contributed by atoms with Crippen molar-refractivity contribution >= 4 is 18.4 Å². The first-order chi connectivity index (χ1) is 11.5. The van der Waals surface area contributed by atoms with Crippen LogP contribution in [0.4, 0.5) is 10.3 Å². The molecule has 0 saturated carbocycles. The summed E-state index contributed by atoms with van der Waals surface area (Å²) in [6, 6.07) is 7.19. The Hall–Kier alpha value is -1.72. The Morgan fingerprint density at radius 3 is 2.28 bits per heavy atom. The maximum Gasteiger partial charge on any atom is 0.226 e. The van der Waals surface area contributed by atoms with Crippen molar-refractivity contribution in [3.8, 4) is 11.3 Å². The minimum atomic E-state index is -0.231. The topological polar surface area (TPSA) is 41.1 Å². The van der Waals surface area contributed by atoms with Crippen molar-refractivity contribution in [3.63, 3.8) is 0 Å². The van der Waals surface area contributed by atoms with Gasteiger partial charge >= 0.3 is 0 Å². The van der Waals surface area contributed by atoms with Crippen LogP contribution in [-0.2, 0) is 13.0 Å². The molecule has 1 N–H and O–H groups in total. The normalized spacial score (nSPS) is 13.6. The largest absolute Gasteiger partial charge is 0.336 e. The highest BCUT2D eigenvalue weighted by Gasteiger charge is 2.23. The first-order valence-electron chi connectivity index (χ1n) is 8.62. The van der Waals surface area contributed by atoms with E-state index in [1.165, 1.54) is 12.1 Å². The lowest BCUT2D eigenvalue weighted by atomic mass is 10.0. The average Bonchev–Trinajstić information content (AvgIpc) is 2.54. The highest BCUT2D eigenvalue weighted by molar-refractivity contribution is 5.85. The molecule has 0 spiro atoms. The summed E-state index contributed by atoms with van der Waals surface area (Å²) in [7, 11) is 0. The van der Waals surface area contributed by atoms with E-state index in [-0.39, 0.29) is 18.2 Å². The minimum absolute atomic E-state index is 0. The van der Waals surface area contributed by atoms with Gasteiger partial charge < -0.3 is 10.2 Å². The number of rotatable bonds is 4. The predicted molar refractivity (Wildman–Crippen MR) is 103 cm³/mol. The molecular formula is C19H26ClFN4. The summed E-state index contributed by atoms with van der Waals surface area (Å²) in [6.07, 6.45) is 0.892. The number of nitrogens with zero attached hydrogens (tertiary/aromatic N) is 3. The molecule has 0 bridgehead atoms. The summed E-state index contributed by atoms with van der Waals surface area (Å²) in [6.45, 7) is 10.3. The monoisotopic (exact) mass is 364 g/mol. The molecule has 0 saturated heterocycles. The fraction of sp³-hybridized carbons (Fsp3) is 0.474. The van der Waals surface area contributed by atoms with Crippen molar-refractivity contribution < 1.29 is 4.39 Å². The van der Waals surface area contributed by atoms with Gasteiger partial charge in [-0.2, -0.15) is 0 Å². The molecule has 0 aliphatic carbocycles. The van der Waals surface area contributed by atoms with Gasteiger partial charge in [-0.1, -0.05) is 0 Å². The van der Waals surface area contributed by atoms with E-state index < -0.39 is 0 Å². The zero-order chi connectivity index (χ0) is 17.3. The molecule has 25 heavy (non-hydrogen) atoms. The molecule has 0 fully saturated rings. The quantitative estimate of drug-likeness (QED) is 0.891. The van der Waals surface area contributed by atoms with Gasteiger partial charge in [0.25, 0.3) is 0 Å². The van der Waals surface area contributed by atoms with Gasteiger partial charge in [0.2, 0.25) is 5.95 Å². The predicted octanol–water partition coefficient (Wildman–Crippen LogP) is 3.97. The Morgan fingerprint density at radius 2 is 1.68 bits per heavy atom. The van der Waals surface area contributed by atoms with Gasteiger partial charge in [0.15, 0.2) is 0 Å². The number of anilines is 1. The fourth-order valence-corrected chi connectivity index (χ4v) is 3.35. The van der Waals surface area contributed by atoms with Crippen molar-refractivity contribution in [1.29, 1.82) is 0 Å². The SMILES string of the molecule is CC(C)N(c1nc2c(c(-c3ccc(F)cc3)n1)CNCC2)C(C)C.Cl. The molecule has 6 heteroatoms. The van der Waals surface area contributed by atoms with E-state index in [2.05, 4.69) is 37.9 Å². The van der Waals surface area contributed by atoms with E-state index in [1.54, 1.807) is 12.1 Å². The van der Waals surface area contributed by atoms with Gasteiger partial charge in [-0.25, -0.2) is 14.4 Å². The molecule has 1 aromatic carbocycles. The number of aromatic nitrogens is 2. The average molecular weight is 365 g/mol. The van der Waals surface area contributed by atoms with Crippen molar-refractivity contribution in [2.45, 2.75) is 52.7 Å². The van der Waals surface area contributed by atoms with E-state index in [1.807, 2.05) is 0 Å². The van der Waals surface area contributed by atoms with Crippen LogP contribution in [0, 0.1) is 5.82 Å². The molecule has 0 radical (unpaired) electrons. The highest BCUT2D eigenvalue weighted by Crippen LogP contribution is 2.29. The second-order valence-electron chi connectivity index (χ2n) is 6.83. The minimum Gasteiger partial charge on any atom is -0.336 e. The molecule has 4 nitrogen and oxygen atoms in total. The summed E-state index contributed by atoms with van der Waals surface area (Å²) >= 11 is 0. The second-order valence-corrected chi connectivity index (χ2v) is 6.83. The number of hydrogen-bond donors (Lipinski definition) is 1. The molecule has 1 aromatic heterocycles. The molecule has 1 aliphatic rings. The molecular weight excluding hydrogens is 339 g/mol. The van der Waals surface area contributed by atoms with E-state index >= 15 is 0 Å². The third kappa shape index (κ3) is 4.10. The van der Waals surface area contributed by atoms with Crippen LogP contribution in [0.2, 0.25) is 0 Å². The van der Waals surface area contributed by atoms with E-state index in [4.69, 9.17) is 9.97 Å². The first kappa shape index (κ1) is 19.6. The number of fused-ring (bicyclic) bond motifs is 1. The molecule has 136 valence electrons. The summed E-state index contributed by atoms with van der Waals surface area (Å²) in [5, 5.41) is 3.39. The van der Waals surface area contributed by atoms with Crippen molar-refractivity contribution in [2.75, 3.05) is 11.4 Å². The van der Waals surface area contributed by atoms with Crippen LogP contribution in [-0.4, -0.2) is 28.6 Å². The molecule has 1 aliphatic heterocycles. The number of halogens is 2. The van der Waals surface area contributed by atoms with Crippen LogP contribution in [0.5, 0.6) is 0 Å². The van der Waals surface area contributed by atoms with Gasteiger partial charge in [0, 0.05) is 42.7 Å². The lowest BCUT2D eigenvalue weighted by Gasteiger charge is -2.32. The second kappa shape index (κ2) is 8.11. The molecule has 2 heterocycles. The van der Waals surface area contributed by atoms with Crippen LogP contribution < -0.4 is 10.2 Å². The standard InChI is InChI=1S/C19H25FN4.ClH/c1-12(2)24(13(3)4)19-22-17-9-10-21-11-16(17)18(23-19)14-5-7-15(20)8-6-14;/h5-8,12-13,21H,9-11H2,1-4H3;1H. The van der Waals surface area contributed by atoms with Gasteiger partial charge in [0.05, 0.1) is 11.4 Å². The van der Waals surface area contributed by atoms with Crippen LogP contribution in [0.1, 0.15) is 39.0 Å². The molecule has 0 amide bonds. The number of benzene rings is 1. The van der Waals surface area contributed by atoms with Crippen molar-refractivity contribution in [3.05, 3.63) is 41.3 Å². The third-order valence-electron chi connectivity index (χ3n) is 4.38. The van der Waals surface area contributed by atoms with E-state index in [0.29, 0.717) is 12.1 Å². The lowest BCUT2D eigenvalue weighted by Crippen LogP contribution is -2.39. The Bertz CT molecular complexity index is 708. The summed E-state index contributed by atoms with van der Waals surface area (Å²) in [5.74, 6) is 0.533. The van der Waals surface area contributed by atoms with Gasteiger partial charge in [-0.3, -0.25) is 0 Å². The van der Waals surface area contributed by atoms with Gasteiger partial charge in [-0.15, -0.1) is 12.4 Å². The molecule has 0 unspecified atom stereocenters. The van der Waals surface area contributed by atoms with E-state index in [0.717, 1.165) is 48.0 Å². The Balaban J connectivity index is 0.00000225. The van der Waals surface area contributed by atoms with Gasteiger partial charge in [0.1, 0.15) is 5.82 Å². The van der Waals surface area contributed by atoms with Crippen LogP contribution in [0.15, 0.2) is 24.3 Å². The Kier molecular flexibility index (Phi) is 6.36. The summed E-state index contributed by atoms with van der Waals surface area (Å²) in [4.78, 5) is 12.0. The molecule has 3 rings (SSSR count). The zero-order valence-corrected chi connectivity index (χ0v) is 16.0. The maximum atomic E-state index is 13.3. The van der Waals surface area contributed by atoms with Crippen LogP contribution in [0.3, 0.4) is 0 Å². The maximum absolute atomic E-state index is 13.3. The summed E-state index contributed by atoms with van der Waals surface area (Å²) < 4.78 is 13.3. The number of hydrogen-bond acceptors (Lipinski definition) is 4. The smallest absolute Gasteiger partial charge is 0.226 e. The Labute approximate surface area is 155 Å². The van der Waals surface area contributed by atoms with Gasteiger partial charge in [-0.05, 0) is 52.0 Å². The van der Waals surface area contributed by atoms with E-state index in [9.17, 15) is 4.39 Å². The lowest BCUT2D eigenvalue weighted by molar-refractivity contribution is 0.579. The fourth-order valence-electron chi connectivity index (χ4n) is 3.35. The Morgan fingerprint density at radius 1 is 1.04 bits per heavy atom. The van der Waals surface area contributed by atoms with Crippen molar-refractivity contribution in [1.82, 2.24) is 15.3 Å². The first-order valence-corrected chi connectivity index (χ1v) is 8.62. The number of nitrogens with one attached hydrogen (secondary N) is 1.